The van der Waals surface area contributed by atoms with Gasteiger partial charge in [-0.05, 0) is 32.0 Å². The Kier molecular flexibility index (Phi) is 5.91. The van der Waals surface area contributed by atoms with Crippen LogP contribution in [0.4, 0.5) is 0 Å². The molecule has 1 saturated heterocycles. The lowest BCUT2D eigenvalue weighted by molar-refractivity contribution is -0.131. The second-order valence-electron chi connectivity index (χ2n) is 5.74. The van der Waals surface area contributed by atoms with Gasteiger partial charge in [-0.15, -0.1) is 12.4 Å². The molecule has 2 aromatic rings. The van der Waals surface area contributed by atoms with Crippen molar-refractivity contribution in [3.05, 3.63) is 30.0 Å². The van der Waals surface area contributed by atoms with Gasteiger partial charge >= 0.3 is 0 Å². The number of hydrogen-bond donors (Lipinski definition) is 1. The van der Waals surface area contributed by atoms with Gasteiger partial charge in [-0.2, -0.15) is 0 Å². The number of carbonyl (C=O) groups is 1. The average molecular weight is 339 g/mol. The van der Waals surface area contributed by atoms with Crippen LogP contribution in [-0.2, 0) is 11.2 Å². The Morgan fingerprint density at radius 3 is 3.04 bits per heavy atom. The van der Waals surface area contributed by atoms with E-state index in [0.717, 1.165) is 48.2 Å². The minimum absolute atomic E-state index is 0. The van der Waals surface area contributed by atoms with E-state index in [0.29, 0.717) is 12.5 Å². The number of ether oxygens (including phenoxy) is 1. The first-order chi connectivity index (χ1) is 10.7. The van der Waals surface area contributed by atoms with E-state index < -0.39 is 0 Å². The largest absolute Gasteiger partial charge is 0.497 e. The van der Waals surface area contributed by atoms with E-state index >= 15 is 0 Å². The molecule has 0 radical (unpaired) electrons. The zero-order chi connectivity index (χ0) is 15.5. The number of fused-ring (bicyclic) bond motifs is 1. The number of nitrogens with one attached hydrogen (secondary N) is 1. The van der Waals surface area contributed by atoms with E-state index in [-0.39, 0.29) is 18.3 Å². The number of likely N-dealkylation sites (tertiary alicyclic amines) is 1. The summed E-state index contributed by atoms with van der Waals surface area (Å²) in [6.45, 7) is 1.71. The molecule has 2 heterocycles. The lowest BCUT2D eigenvalue weighted by Gasteiger charge is -2.24. The molecule has 0 spiro atoms. The second-order valence-corrected chi connectivity index (χ2v) is 5.74. The van der Waals surface area contributed by atoms with Crippen molar-refractivity contribution in [2.45, 2.75) is 25.3 Å². The number of likely N-dealkylation sites (N-methyl/N-ethyl adjacent to an activating group) is 1. The zero-order valence-electron chi connectivity index (χ0n) is 13.5. The highest BCUT2D eigenvalue weighted by Crippen LogP contribution is 2.27. The third-order valence-corrected chi connectivity index (χ3v) is 4.34. The zero-order valence-corrected chi connectivity index (χ0v) is 14.3. The Morgan fingerprint density at radius 1 is 1.48 bits per heavy atom. The van der Waals surface area contributed by atoms with E-state index in [1.165, 1.54) is 0 Å². The molecular formula is C17H23ClN2O3. The van der Waals surface area contributed by atoms with Crippen molar-refractivity contribution in [2.75, 3.05) is 27.2 Å². The first-order valence-corrected chi connectivity index (χ1v) is 7.71. The number of benzene rings is 1. The van der Waals surface area contributed by atoms with Crippen LogP contribution in [0.25, 0.3) is 11.0 Å². The van der Waals surface area contributed by atoms with Gasteiger partial charge in [-0.1, -0.05) is 0 Å². The highest BCUT2D eigenvalue weighted by molar-refractivity contribution is 5.88. The number of rotatable bonds is 5. The molecular weight excluding hydrogens is 316 g/mol. The highest BCUT2D eigenvalue weighted by Gasteiger charge is 2.28. The van der Waals surface area contributed by atoms with E-state index in [1.54, 1.807) is 13.4 Å². The summed E-state index contributed by atoms with van der Waals surface area (Å²) in [4.78, 5) is 14.6. The van der Waals surface area contributed by atoms with E-state index in [2.05, 4.69) is 5.32 Å². The molecule has 23 heavy (non-hydrogen) atoms. The second kappa shape index (κ2) is 7.70. The van der Waals surface area contributed by atoms with Crippen molar-refractivity contribution < 1.29 is 13.9 Å². The maximum atomic E-state index is 12.6. The van der Waals surface area contributed by atoms with Gasteiger partial charge in [0.2, 0.25) is 5.91 Å². The predicted octanol–water partition coefficient (Wildman–Crippen LogP) is 2.62. The molecule has 5 nitrogen and oxygen atoms in total. The van der Waals surface area contributed by atoms with Crippen LogP contribution in [0, 0.1) is 0 Å². The molecule has 1 amide bonds. The summed E-state index contributed by atoms with van der Waals surface area (Å²) in [6.07, 6.45) is 4.24. The first kappa shape index (κ1) is 17.6. The maximum absolute atomic E-state index is 12.6. The minimum atomic E-state index is 0. The van der Waals surface area contributed by atoms with Crippen LogP contribution in [0.15, 0.2) is 28.9 Å². The first-order valence-electron chi connectivity index (χ1n) is 7.71. The number of halogens is 1. The number of amides is 1. The molecule has 0 aliphatic carbocycles. The Hall–Kier alpha value is -1.72. The fourth-order valence-corrected chi connectivity index (χ4v) is 3.20. The van der Waals surface area contributed by atoms with Crippen molar-refractivity contribution in [1.29, 1.82) is 0 Å². The summed E-state index contributed by atoms with van der Waals surface area (Å²) < 4.78 is 10.8. The van der Waals surface area contributed by atoms with Gasteiger partial charge in [0.15, 0.2) is 0 Å². The van der Waals surface area contributed by atoms with Crippen molar-refractivity contribution in [3.8, 4) is 5.75 Å². The summed E-state index contributed by atoms with van der Waals surface area (Å²) >= 11 is 0. The molecule has 1 aromatic heterocycles. The fraction of sp³-hybridized carbons (Fsp3) is 0.471. The fourth-order valence-electron chi connectivity index (χ4n) is 3.20. The molecule has 1 aliphatic heterocycles. The topological polar surface area (TPSA) is 54.7 Å². The Bertz CT molecular complexity index is 671. The summed E-state index contributed by atoms with van der Waals surface area (Å²) in [5.74, 6) is 0.935. The van der Waals surface area contributed by atoms with Crippen molar-refractivity contribution in [2.24, 2.45) is 0 Å². The quantitative estimate of drug-likeness (QED) is 0.910. The normalized spacial score (nSPS) is 17.3. The molecule has 0 bridgehead atoms. The monoisotopic (exact) mass is 338 g/mol. The lowest BCUT2D eigenvalue weighted by Crippen LogP contribution is -2.41. The van der Waals surface area contributed by atoms with Gasteiger partial charge in [-0.3, -0.25) is 4.79 Å². The molecule has 1 fully saturated rings. The van der Waals surface area contributed by atoms with Crippen LogP contribution in [0.2, 0.25) is 0 Å². The predicted molar refractivity (Wildman–Crippen MR) is 92.4 cm³/mol. The highest BCUT2D eigenvalue weighted by atomic mass is 35.5. The molecule has 0 saturated carbocycles. The summed E-state index contributed by atoms with van der Waals surface area (Å²) in [7, 11) is 3.56. The third kappa shape index (κ3) is 3.62. The molecule has 1 atom stereocenters. The van der Waals surface area contributed by atoms with Crippen LogP contribution < -0.4 is 10.1 Å². The standard InChI is InChI=1S/C17H22N2O3.ClH/c1-18-10-13-4-3-7-19(13)17(20)8-12-11-22-16-9-14(21-2)5-6-15(12)16;/h5-6,9,11,13,18H,3-4,7-8,10H2,1-2H3;1H. The molecule has 1 unspecified atom stereocenters. The van der Waals surface area contributed by atoms with Crippen LogP contribution >= 0.6 is 12.4 Å². The average Bonchev–Trinajstić information content (AvgIpc) is 3.14. The van der Waals surface area contributed by atoms with E-state index in [1.807, 2.05) is 30.1 Å². The number of hydrogen-bond acceptors (Lipinski definition) is 4. The van der Waals surface area contributed by atoms with Gasteiger partial charge < -0.3 is 19.4 Å². The van der Waals surface area contributed by atoms with Crippen LogP contribution in [-0.4, -0.2) is 44.1 Å². The van der Waals surface area contributed by atoms with Crippen molar-refractivity contribution >= 4 is 29.3 Å². The van der Waals surface area contributed by atoms with Crippen molar-refractivity contribution in [3.63, 3.8) is 0 Å². The third-order valence-electron chi connectivity index (χ3n) is 4.34. The number of carbonyl (C=O) groups excluding carboxylic acids is 1. The minimum Gasteiger partial charge on any atom is -0.497 e. The Morgan fingerprint density at radius 2 is 2.30 bits per heavy atom. The molecule has 3 rings (SSSR count). The van der Waals surface area contributed by atoms with Crippen molar-refractivity contribution in [1.82, 2.24) is 10.2 Å². The summed E-state index contributed by atoms with van der Waals surface area (Å²) in [5.41, 5.74) is 1.70. The number of methoxy groups -OCH3 is 1. The van der Waals surface area contributed by atoms with Gasteiger partial charge in [0.05, 0.1) is 19.8 Å². The Balaban J connectivity index is 0.00000192. The van der Waals surface area contributed by atoms with Crippen LogP contribution in [0.3, 0.4) is 0 Å². The van der Waals surface area contributed by atoms with E-state index in [4.69, 9.17) is 9.15 Å². The number of nitrogens with zero attached hydrogens (tertiary/aromatic N) is 1. The smallest absolute Gasteiger partial charge is 0.227 e. The molecule has 1 aliphatic rings. The molecule has 126 valence electrons. The molecule has 1 aromatic carbocycles. The Labute approximate surface area is 142 Å². The van der Waals surface area contributed by atoms with Gasteiger partial charge in [0.1, 0.15) is 11.3 Å². The summed E-state index contributed by atoms with van der Waals surface area (Å²) in [5, 5.41) is 4.15. The van der Waals surface area contributed by atoms with Crippen LogP contribution in [0.5, 0.6) is 5.75 Å². The maximum Gasteiger partial charge on any atom is 0.227 e. The van der Waals surface area contributed by atoms with Crippen LogP contribution in [0.1, 0.15) is 18.4 Å². The van der Waals surface area contributed by atoms with E-state index in [9.17, 15) is 4.79 Å². The SMILES string of the molecule is CNCC1CCCN1C(=O)Cc1coc2cc(OC)ccc12.Cl. The number of furan rings is 1. The molecule has 6 heteroatoms. The molecule has 1 N–H and O–H groups in total. The summed E-state index contributed by atoms with van der Waals surface area (Å²) in [6, 6.07) is 6.01. The lowest BCUT2D eigenvalue weighted by atomic mass is 10.1. The van der Waals surface area contributed by atoms with Gasteiger partial charge in [0.25, 0.3) is 0 Å². The van der Waals surface area contributed by atoms with Gasteiger partial charge in [0, 0.05) is 36.1 Å². The van der Waals surface area contributed by atoms with Gasteiger partial charge in [-0.25, -0.2) is 0 Å².